The first-order chi connectivity index (χ1) is 10.2. The largest absolute Gasteiger partial charge is 0.494 e. The van der Waals surface area contributed by atoms with Gasteiger partial charge < -0.3 is 20.1 Å². The van der Waals surface area contributed by atoms with E-state index >= 15 is 0 Å². The van der Waals surface area contributed by atoms with Crippen molar-refractivity contribution in [3.63, 3.8) is 0 Å². The SMILES string of the molecule is CCOc1ccc(OCC)c(NC(=O)C2CCNCC2)c1. The van der Waals surface area contributed by atoms with Crippen molar-refractivity contribution in [3.8, 4) is 11.5 Å². The third-order valence-electron chi connectivity index (χ3n) is 3.53. The van der Waals surface area contributed by atoms with Crippen LogP contribution >= 0.6 is 0 Å². The number of anilines is 1. The summed E-state index contributed by atoms with van der Waals surface area (Å²) in [7, 11) is 0. The van der Waals surface area contributed by atoms with Gasteiger partial charge in [0.2, 0.25) is 5.91 Å². The highest BCUT2D eigenvalue weighted by molar-refractivity contribution is 5.94. The maximum Gasteiger partial charge on any atom is 0.227 e. The summed E-state index contributed by atoms with van der Waals surface area (Å²) >= 11 is 0. The Bertz CT molecular complexity index is 471. The number of piperidine rings is 1. The minimum absolute atomic E-state index is 0.0612. The number of hydrogen-bond acceptors (Lipinski definition) is 4. The molecule has 1 heterocycles. The fourth-order valence-corrected chi connectivity index (χ4v) is 2.46. The number of benzene rings is 1. The zero-order valence-corrected chi connectivity index (χ0v) is 12.8. The fourth-order valence-electron chi connectivity index (χ4n) is 2.46. The Labute approximate surface area is 126 Å². The van der Waals surface area contributed by atoms with Crippen LogP contribution in [0.25, 0.3) is 0 Å². The highest BCUT2D eigenvalue weighted by Gasteiger charge is 2.22. The van der Waals surface area contributed by atoms with E-state index in [0.717, 1.165) is 31.7 Å². The molecule has 1 aromatic rings. The third kappa shape index (κ3) is 4.36. The van der Waals surface area contributed by atoms with Crippen molar-refractivity contribution in [1.29, 1.82) is 0 Å². The van der Waals surface area contributed by atoms with Crippen molar-refractivity contribution in [3.05, 3.63) is 18.2 Å². The van der Waals surface area contributed by atoms with Crippen LogP contribution in [-0.4, -0.2) is 32.2 Å². The van der Waals surface area contributed by atoms with Crippen LogP contribution in [-0.2, 0) is 4.79 Å². The zero-order valence-electron chi connectivity index (χ0n) is 12.8. The average Bonchev–Trinajstić information content (AvgIpc) is 2.51. The number of carbonyl (C=O) groups is 1. The van der Waals surface area contributed by atoms with Gasteiger partial charge in [-0.3, -0.25) is 4.79 Å². The first-order valence-electron chi connectivity index (χ1n) is 7.65. The van der Waals surface area contributed by atoms with Gasteiger partial charge >= 0.3 is 0 Å². The second-order valence-electron chi connectivity index (χ2n) is 5.04. The Hall–Kier alpha value is -1.75. The van der Waals surface area contributed by atoms with E-state index in [1.165, 1.54) is 0 Å². The van der Waals surface area contributed by atoms with Crippen molar-refractivity contribution in [1.82, 2.24) is 5.32 Å². The second kappa shape index (κ2) is 7.88. The minimum atomic E-state index is 0.0612. The zero-order chi connectivity index (χ0) is 15.1. The van der Waals surface area contributed by atoms with E-state index in [2.05, 4.69) is 10.6 Å². The van der Waals surface area contributed by atoms with Gasteiger partial charge in [0, 0.05) is 12.0 Å². The molecule has 116 valence electrons. The Balaban J connectivity index is 2.11. The summed E-state index contributed by atoms with van der Waals surface area (Å²) in [4.78, 5) is 12.4. The van der Waals surface area contributed by atoms with Crippen LogP contribution in [0.2, 0.25) is 0 Å². The summed E-state index contributed by atoms with van der Waals surface area (Å²) in [5, 5.41) is 6.26. The maximum absolute atomic E-state index is 12.4. The molecule has 0 aromatic heterocycles. The summed E-state index contributed by atoms with van der Waals surface area (Å²) in [5.41, 5.74) is 0.686. The number of carbonyl (C=O) groups excluding carboxylic acids is 1. The van der Waals surface area contributed by atoms with Crippen LogP contribution < -0.4 is 20.1 Å². The van der Waals surface area contributed by atoms with E-state index in [-0.39, 0.29) is 11.8 Å². The number of hydrogen-bond donors (Lipinski definition) is 2. The molecular formula is C16H24N2O3. The predicted molar refractivity (Wildman–Crippen MR) is 83.0 cm³/mol. The van der Waals surface area contributed by atoms with Gasteiger partial charge in [0.1, 0.15) is 11.5 Å². The molecule has 0 atom stereocenters. The van der Waals surface area contributed by atoms with Crippen molar-refractivity contribution >= 4 is 11.6 Å². The molecule has 5 heteroatoms. The van der Waals surface area contributed by atoms with Crippen LogP contribution in [0.3, 0.4) is 0 Å². The molecule has 5 nitrogen and oxygen atoms in total. The van der Waals surface area contributed by atoms with Gasteiger partial charge in [0.05, 0.1) is 18.9 Å². The highest BCUT2D eigenvalue weighted by atomic mass is 16.5. The lowest BCUT2D eigenvalue weighted by Gasteiger charge is -2.22. The van der Waals surface area contributed by atoms with E-state index in [9.17, 15) is 4.79 Å². The molecule has 0 bridgehead atoms. The lowest BCUT2D eigenvalue weighted by molar-refractivity contribution is -0.120. The topological polar surface area (TPSA) is 59.6 Å². The molecular weight excluding hydrogens is 268 g/mol. The quantitative estimate of drug-likeness (QED) is 0.845. The highest BCUT2D eigenvalue weighted by Crippen LogP contribution is 2.30. The van der Waals surface area contributed by atoms with Crippen LogP contribution in [0.15, 0.2) is 18.2 Å². The molecule has 2 rings (SSSR count). The van der Waals surface area contributed by atoms with Gasteiger partial charge in [-0.25, -0.2) is 0 Å². The molecule has 1 aliphatic heterocycles. The van der Waals surface area contributed by atoms with Crippen LogP contribution in [0, 0.1) is 5.92 Å². The normalized spacial score (nSPS) is 15.5. The Morgan fingerprint density at radius 3 is 2.62 bits per heavy atom. The van der Waals surface area contributed by atoms with Crippen LogP contribution in [0.4, 0.5) is 5.69 Å². The summed E-state index contributed by atoms with van der Waals surface area (Å²) in [6.45, 7) is 6.81. The van der Waals surface area contributed by atoms with E-state index in [1.807, 2.05) is 32.0 Å². The summed E-state index contributed by atoms with van der Waals surface area (Å²) in [5.74, 6) is 1.55. The second-order valence-corrected chi connectivity index (χ2v) is 5.04. The molecule has 1 saturated heterocycles. The molecule has 2 N–H and O–H groups in total. The molecule has 21 heavy (non-hydrogen) atoms. The molecule has 1 amide bonds. The molecule has 0 saturated carbocycles. The molecule has 0 aliphatic carbocycles. The minimum Gasteiger partial charge on any atom is -0.494 e. The van der Waals surface area contributed by atoms with Gasteiger partial charge in [-0.2, -0.15) is 0 Å². The Kier molecular flexibility index (Phi) is 5.87. The maximum atomic E-state index is 12.4. The van der Waals surface area contributed by atoms with Gasteiger partial charge in [0.15, 0.2) is 0 Å². The summed E-state index contributed by atoms with van der Waals surface area (Å²) in [6.07, 6.45) is 1.75. The lowest BCUT2D eigenvalue weighted by atomic mass is 9.97. The van der Waals surface area contributed by atoms with E-state index in [0.29, 0.717) is 24.7 Å². The monoisotopic (exact) mass is 292 g/mol. The first kappa shape index (κ1) is 15.6. The van der Waals surface area contributed by atoms with E-state index in [1.54, 1.807) is 0 Å². The van der Waals surface area contributed by atoms with Gasteiger partial charge in [-0.15, -0.1) is 0 Å². The Morgan fingerprint density at radius 2 is 1.95 bits per heavy atom. The molecule has 1 aliphatic rings. The van der Waals surface area contributed by atoms with Crippen molar-refractivity contribution in [2.24, 2.45) is 5.92 Å². The van der Waals surface area contributed by atoms with Crippen molar-refractivity contribution in [2.75, 3.05) is 31.6 Å². The van der Waals surface area contributed by atoms with Gasteiger partial charge in [0.25, 0.3) is 0 Å². The van der Waals surface area contributed by atoms with E-state index < -0.39 is 0 Å². The molecule has 0 unspecified atom stereocenters. The molecule has 0 radical (unpaired) electrons. The number of nitrogens with one attached hydrogen (secondary N) is 2. The number of amides is 1. The van der Waals surface area contributed by atoms with Crippen LogP contribution in [0.1, 0.15) is 26.7 Å². The van der Waals surface area contributed by atoms with Crippen molar-refractivity contribution in [2.45, 2.75) is 26.7 Å². The standard InChI is InChI=1S/C16H24N2O3/c1-3-20-13-5-6-15(21-4-2)14(11-13)18-16(19)12-7-9-17-10-8-12/h5-6,11-12,17H,3-4,7-10H2,1-2H3,(H,18,19). The predicted octanol–water partition coefficient (Wildman–Crippen LogP) is 2.42. The molecule has 0 spiro atoms. The van der Waals surface area contributed by atoms with Crippen molar-refractivity contribution < 1.29 is 14.3 Å². The molecule has 1 aromatic carbocycles. The van der Waals surface area contributed by atoms with Gasteiger partial charge in [-0.1, -0.05) is 0 Å². The average molecular weight is 292 g/mol. The summed E-state index contributed by atoms with van der Waals surface area (Å²) < 4.78 is 11.1. The smallest absolute Gasteiger partial charge is 0.227 e. The number of ether oxygens (including phenoxy) is 2. The third-order valence-corrected chi connectivity index (χ3v) is 3.53. The lowest BCUT2D eigenvalue weighted by Crippen LogP contribution is -2.34. The van der Waals surface area contributed by atoms with E-state index in [4.69, 9.17) is 9.47 Å². The first-order valence-corrected chi connectivity index (χ1v) is 7.65. The number of rotatable bonds is 6. The van der Waals surface area contributed by atoms with Gasteiger partial charge in [-0.05, 0) is 51.9 Å². The Morgan fingerprint density at radius 1 is 1.24 bits per heavy atom. The van der Waals surface area contributed by atoms with Crippen LogP contribution in [0.5, 0.6) is 11.5 Å². The summed E-state index contributed by atoms with van der Waals surface area (Å²) in [6, 6.07) is 5.52. The molecule has 1 fully saturated rings. The fraction of sp³-hybridized carbons (Fsp3) is 0.562.